The Hall–Kier alpha value is -2.60. The van der Waals surface area contributed by atoms with Crippen molar-refractivity contribution >= 4 is 23.0 Å². The van der Waals surface area contributed by atoms with Crippen molar-refractivity contribution in [2.75, 3.05) is 54.5 Å². The molecular formula is C22H28N4O2. The predicted octanol–water partition coefficient (Wildman–Crippen LogP) is 3.41. The molecule has 6 heteroatoms. The molecule has 1 amide bonds. The SMILES string of the molecule is CC1CCN(c2ccc(NC(=O)c3cc(N4CCOCC4)ccn3)cc2)CC1. The number of ether oxygens (including phenoxy) is 1. The van der Waals surface area contributed by atoms with E-state index in [1.165, 1.54) is 18.5 Å². The summed E-state index contributed by atoms with van der Waals surface area (Å²) < 4.78 is 5.40. The molecule has 0 unspecified atom stereocenters. The molecule has 0 atom stereocenters. The molecule has 1 aromatic heterocycles. The van der Waals surface area contributed by atoms with Crippen LogP contribution in [0.1, 0.15) is 30.3 Å². The Morgan fingerprint density at radius 2 is 1.68 bits per heavy atom. The summed E-state index contributed by atoms with van der Waals surface area (Å²) in [6.07, 6.45) is 4.17. The first-order valence-electron chi connectivity index (χ1n) is 10.1. The van der Waals surface area contributed by atoms with Gasteiger partial charge in [-0.15, -0.1) is 0 Å². The lowest BCUT2D eigenvalue weighted by Crippen LogP contribution is -2.36. The predicted molar refractivity (Wildman–Crippen MR) is 112 cm³/mol. The Morgan fingerprint density at radius 1 is 1.00 bits per heavy atom. The Balaban J connectivity index is 1.39. The molecule has 2 fully saturated rings. The molecule has 2 aliphatic rings. The highest BCUT2D eigenvalue weighted by atomic mass is 16.5. The van der Waals surface area contributed by atoms with Crippen LogP contribution in [-0.2, 0) is 4.74 Å². The van der Waals surface area contributed by atoms with Crippen molar-refractivity contribution in [3.63, 3.8) is 0 Å². The number of benzene rings is 1. The highest BCUT2D eigenvalue weighted by Gasteiger charge is 2.17. The van der Waals surface area contributed by atoms with Gasteiger partial charge < -0.3 is 19.9 Å². The topological polar surface area (TPSA) is 57.7 Å². The van der Waals surface area contributed by atoms with E-state index in [-0.39, 0.29) is 5.91 Å². The number of nitrogens with one attached hydrogen (secondary N) is 1. The summed E-state index contributed by atoms with van der Waals surface area (Å²) in [6.45, 7) is 7.62. The van der Waals surface area contributed by atoms with E-state index in [1.54, 1.807) is 6.20 Å². The number of amides is 1. The number of carbonyl (C=O) groups is 1. The van der Waals surface area contributed by atoms with Gasteiger partial charge in [0, 0.05) is 49.4 Å². The fraction of sp³-hybridized carbons (Fsp3) is 0.455. The molecule has 28 heavy (non-hydrogen) atoms. The third-order valence-electron chi connectivity index (χ3n) is 5.63. The number of anilines is 3. The lowest BCUT2D eigenvalue weighted by molar-refractivity contribution is 0.102. The van der Waals surface area contributed by atoms with Crippen LogP contribution in [0.15, 0.2) is 42.6 Å². The number of hydrogen-bond donors (Lipinski definition) is 1. The lowest BCUT2D eigenvalue weighted by atomic mass is 9.99. The van der Waals surface area contributed by atoms with Crippen LogP contribution >= 0.6 is 0 Å². The zero-order valence-corrected chi connectivity index (χ0v) is 16.4. The van der Waals surface area contributed by atoms with Crippen LogP contribution in [0.5, 0.6) is 0 Å². The van der Waals surface area contributed by atoms with Crippen molar-refractivity contribution in [3.05, 3.63) is 48.3 Å². The first-order valence-corrected chi connectivity index (χ1v) is 10.1. The molecule has 0 bridgehead atoms. The maximum atomic E-state index is 12.6. The van der Waals surface area contributed by atoms with Gasteiger partial charge in [-0.3, -0.25) is 9.78 Å². The monoisotopic (exact) mass is 380 g/mol. The number of piperidine rings is 1. The van der Waals surface area contributed by atoms with Crippen molar-refractivity contribution in [3.8, 4) is 0 Å². The van der Waals surface area contributed by atoms with Crippen molar-refractivity contribution < 1.29 is 9.53 Å². The lowest BCUT2D eigenvalue weighted by Gasteiger charge is -2.32. The molecule has 1 N–H and O–H groups in total. The molecule has 0 radical (unpaired) electrons. The van der Waals surface area contributed by atoms with E-state index in [9.17, 15) is 4.79 Å². The van der Waals surface area contributed by atoms with Crippen molar-refractivity contribution in [2.24, 2.45) is 5.92 Å². The molecule has 4 rings (SSSR count). The summed E-state index contributed by atoms with van der Waals surface area (Å²) in [5.41, 5.74) is 3.45. The van der Waals surface area contributed by atoms with E-state index >= 15 is 0 Å². The number of pyridine rings is 1. The highest BCUT2D eigenvalue weighted by molar-refractivity contribution is 6.03. The van der Waals surface area contributed by atoms with Gasteiger partial charge >= 0.3 is 0 Å². The molecule has 2 aromatic rings. The third-order valence-corrected chi connectivity index (χ3v) is 5.63. The molecule has 6 nitrogen and oxygen atoms in total. The number of morpholine rings is 1. The second-order valence-corrected chi connectivity index (χ2v) is 7.67. The van der Waals surface area contributed by atoms with Gasteiger partial charge in [-0.25, -0.2) is 0 Å². The Labute approximate surface area is 166 Å². The normalized spacial score (nSPS) is 18.2. The van der Waals surface area contributed by atoms with Gasteiger partial charge in [0.15, 0.2) is 0 Å². The molecule has 1 aromatic carbocycles. The first kappa shape index (κ1) is 18.7. The third kappa shape index (κ3) is 4.44. The van der Waals surface area contributed by atoms with E-state index in [2.05, 4.69) is 39.2 Å². The van der Waals surface area contributed by atoms with Gasteiger partial charge in [-0.05, 0) is 55.2 Å². The highest BCUT2D eigenvalue weighted by Crippen LogP contribution is 2.24. The van der Waals surface area contributed by atoms with E-state index in [1.807, 2.05) is 24.3 Å². The number of rotatable bonds is 4. The minimum Gasteiger partial charge on any atom is -0.378 e. The summed E-state index contributed by atoms with van der Waals surface area (Å²) in [6, 6.07) is 11.9. The summed E-state index contributed by atoms with van der Waals surface area (Å²) in [5.74, 6) is 0.630. The van der Waals surface area contributed by atoms with E-state index < -0.39 is 0 Å². The quantitative estimate of drug-likeness (QED) is 0.881. The minimum atomic E-state index is -0.186. The first-order chi connectivity index (χ1) is 13.7. The van der Waals surface area contributed by atoms with Crippen LogP contribution in [-0.4, -0.2) is 50.3 Å². The Bertz CT molecular complexity index is 794. The fourth-order valence-electron chi connectivity index (χ4n) is 3.78. The van der Waals surface area contributed by atoms with E-state index in [0.29, 0.717) is 18.9 Å². The average Bonchev–Trinajstić information content (AvgIpc) is 2.76. The second kappa shape index (κ2) is 8.61. The van der Waals surface area contributed by atoms with Gasteiger partial charge in [0.1, 0.15) is 5.69 Å². The molecule has 0 saturated carbocycles. The van der Waals surface area contributed by atoms with Gasteiger partial charge in [0.2, 0.25) is 0 Å². The number of aromatic nitrogens is 1. The number of carbonyl (C=O) groups excluding carboxylic acids is 1. The van der Waals surface area contributed by atoms with Gasteiger partial charge in [-0.2, -0.15) is 0 Å². The maximum absolute atomic E-state index is 12.6. The number of hydrogen-bond acceptors (Lipinski definition) is 5. The molecule has 0 spiro atoms. The zero-order valence-electron chi connectivity index (χ0n) is 16.4. The molecule has 148 valence electrons. The zero-order chi connectivity index (χ0) is 19.3. The minimum absolute atomic E-state index is 0.186. The van der Waals surface area contributed by atoms with Gasteiger partial charge in [0.25, 0.3) is 5.91 Å². The smallest absolute Gasteiger partial charge is 0.274 e. The Kier molecular flexibility index (Phi) is 5.76. The Morgan fingerprint density at radius 3 is 2.39 bits per heavy atom. The molecular weight excluding hydrogens is 352 g/mol. The van der Waals surface area contributed by atoms with Crippen LogP contribution in [0.25, 0.3) is 0 Å². The van der Waals surface area contributed by atoms with Crippen molar-refractivity contribution in [1.29, 1.82) is 0 Å². The molecule has 0 aliphatic carbocycles. The van der Waals surface area contributed by atoms with Gasteiger partial charge in [-0.1, -0.05) is 6.92 Å². The average molecular weight is 380 g/mol. The second-order valence-electron chi connectivity index (χ2n) is 7.67. The van der Waals surface area contributed by atoms with Crippen LogP contribution in [0, 0.1) is 5.92 Å². The van der Waals surface area contributed by atoms with E-state index in [4.69, 9.17) is 4.74 Å². The van der Waals surface area contributed by atoms with Gasteiger partial charge in [0.05, 0.1) is 13.2 Å². The van der Waals surface area contributed by atoms with Crippen molar-refractivity contribution in [2.45, 2.75) is 19.8 Å². The van der Waals surface area contributed by atoms with Crippen LogP contribution in [0.2, 0.25) is 0 Å². The molecule has 2 saturated heterocycles. The van der Waals surface area contributed by atoms with Crippen LogP contribution in [0.4, 0.5) is 17.1 Å². The van der Waals surface area contributed by atoms with Crippen molar-refractivity contribution in [1.82, 2.24) is 4.98 Å². The molecule has 2 aliphatic heterocycles. The summed E-state index contributed by atoms with van der Waals surface area (Å²) in [4.78, 5) is 21.5. The fourth-order valence-corrected chi connectivity index (χ4v) is 3.78. The standard InChI is InChI=1S/C22H28N4O2/c1-17-7-10-25(11-8-17)19-4-2-18(3-5-19)24-22(27)21-16-20(6-9-23-21)26-12-14-28-15-13-26/h2-6,9,16-17H,7-8,10-15H2,1H3,(H,24,27). The summed E-state index contributed by atoms with van der Waals surface area (Å²) in [7, 11) is 0. The summed E-state index contributed by atoms with van der Waals surface area (Å²) in [5, 5.41) is 2.96. The summed E-state index contributed by atoms with van der Waals surface area (Å²) >= 11 is 0. The van der Waals surface area contributed by atoms with E-state index in [0.717, 1.165) is 43.5 Å². The van der Waals surface area contributed by atoms with Crippen LogP contribution < -0.4 is 15.1 Å². The maximum Gasteiger partial charge on any atom is 0.274 e. The molecule has 3 heterocycles. The van der Waals surface area contributed by atoms with Crippen LogP contribution in [0.3, 0.4) is 0 Å². The largest absolute Gasteiger partial charge is 0.378 e. The number of nitrogens with zero attached hydrogens (tertiary/aromatic N) is 3.